The SMILES string of the molecule is CCC(C)(CC(C)(C)C(=O)Oc1ccc(C(=O)/C=C/c2ccccc2)cc1)C(=O)OC1CCOC1. The molecule has 0 spiro atoms. The molecule has 1 saturated heterocycles. The third kappa shape index (κ3) is 7.12. The van der Waals surface area contributed by atoms with Crippen molar-refractivity contribution in [3.63, 3.8) is 0 Å². The highest BCUT2D eigenvalue weighted by Crippen LogP contribution is 2.39. The molecule has 0 radical (unpaired) electrons. The van der Waals surface area contributed by atoms with Gasteiger partial charge in [0.2, 0.25) is 0 Å². The minimum atomic E-state index is -0.928. The first kappa shape index (κ1) is 26.4. The van der Waals surface area contributed by atoms with E-state index in [1.165, 1.54) is 6.08 Å². The molecule has 35 heavy (non-hydrogen) atoms. The summed E-state index contributed by atoms with van der Waals surface area (Å²) < 4.78 is 16.5. The normalized spacial score (nSPS) is 17.7. The lowest BCUT2D eigenvalue weighted by atomic mass is 9.72. The van der Waals surface area contributed by atoms with Gasteiger partial charge in [0.25, 0.3) is 0 Å². The van der Waals surface area contributed by atoms with Crippen molar-refractivity contribution >= 4 is 23.8 Å². The Kier molecular flexibility index (Phi) is 8.62. The molecule has 1 aliphatic heterocycles. The Morgan fingerprint density at radius 3 is 2.29 bits per heavy atom. The van der Waals surface area contributed by atoms with Gasteiger partial charge in [-0.3, -0.25) is 14.4 Å². The Hall–Kier alpha value is -3.25. The van der Waals surface area contributed by atoms with E-state index >= 15 is 0 Å². The molecule has 2 unspecified atom stereocenters. The largest absolute Gasteiger partial charge is 0.459 e. The molecule has 0 bridgehead atoms. The summed E-state index contributed by atoms with van der Waals surface area (Å²) >= 11 is 0. The van der Waals surface area contributed by atoms with Gasteiger partial charge in [0.1, 0.15) is 11.9 Å². The highest BCUT2D eigenvalue weighted by Gasteiger charge is 2.44. The predicted octanol–water partition coefficient (Wildman–Crippen LogP) is 5.65. The van der Waals surface area contributed by atoms with Gasteiger partial charge in [-0.2, -0.15) is 0 Å². The summed E-state index contributed by atoms with van der Waals surface area (Å²) in [6.45, 7) is 8.27. The second kappa shape index (κ2) is 11.5. The Labute approximate surface area is 207 Å². The van der Waals surface area contributed by atoms with Crippen LogP contribution in [-0.2, 0) is 19.1 Å². The zero-order chi connectivity index (χ0) is 25.5. The van der Waals surface area contributed by atoms with E-state index in [1.54, 1.807) is 44.2 Å². The average molecular weight is 479 g/mol. The molecular weight excluding hydrogens is 444 g/mol. The maximum atomic E-state index is 13.0. The topological polar surface area (TPSA) is 78.9 Å². The molecule has 0 aromatic heterocycles. The smallest absolute Gasteiger partial charge is 0.316 e. The van der Waals surface area contributed by atoms with Gasteiger partial charge >= 0.3 is 11.9 Å². The number of rotatable bonds is 10. The molecule has 2 aromatic rings. The number of ether oxygens (including phenoxy) is 3. The van der Waals surface area contributed by atoms with Crippen LogP contribution in [0.25, 0.3) is 6.08 Å². The number of esters is 2. The Bertz CT molecular complexity index is 1050. The lowest BCUT2D eigenvalue weighted by molar-refractivity contribution is -0.164. The summed E-state index contributed by atoms with van der Waals surface area (Å²) in [5.74, 6) is -0.562. The third-order valence-electron chi connectivity index (χ3n) is 6.40. The van der Waals surface area contributed by atoms with Gasteiger partial charge in [0.15, 0.2) is 5.78 Å². The number of benzene rings is 2. The molecule has 3 rings (SSSR count). The highest BCUT2D eigenvalue weighted by molar-refractivity contribution is 6.06. The van der Waals surface area contributed by atoms with Gasteiger partial charge in [-0.05, 0) is 69.5 Å². The predicted molar refractivity (Wildman–Crippen MR) is 134 cm³/mol. The molecule has 0 saturated carbocycles. The number of carbonyl (C=O) groups is 3. The number of carbonyl (C=O) groups excluding carboxylic acids is 3. The average Bonchev–Trinajstić information content (AvgIpc) is 3.36. The van der Waals surface area contributed by atoms with Crippen molar-refractivity contribution in [2.24, 2.45) is 10.8 Å². The molecule has 1 fully saturated rings. The zero-order valence-electron chi connectivity index (χ0n) is 20.9. The van der Waals surface area contributed by atoms with Crippen molar-refractivity contribution in [3.8, 4) is 5.75 Å². The van der Waals surface area contributed by atoms with Crippen LogP contribution in [0.15, 0.2) is 60.7 Å². The molecule has 1 heterocycles. The van der Waals surface area contributed by atoms with Crippen molar-refractivity contribution in [1.82, 2.24) is 0 Å². The molecular formula is C29H34O6. The van der Waals surface area contributed by atoms with Crippen LogP contribution in [0.3, 0.4) is 0 Å². The van der Waals surface area contributed by atoms with E-state index in [4.69, 9.17) is 14.2 Å². The van der Waals surface area contributed by atoms with Crippen molar-refractivity contribution in [2.45, 2.75) is 53.1 Å². The van der Waals surface area contributed by atoms with Gasteiger partial charge in [0, 0.05) is 12.0 Å². The van der Waals surface area contributed by atoms with E-state index < -0.39 is 16.8 Å². The van der Waals surface area contributed by atoms with E-state index in [0.29, 0.717) is 37.4 Å². The fraction of sp³-hybridized carbons (Fsp3) is 0.414. The van der Waals surface area contributed by atoms with E-state index in [1.807, 2.05) is 44.2 Å². The van der Waals surface area contributed by atoms with Gasteiger partial charge in [-0.1, -0.05) is 43.3 Å². The van der Waals surface area contributed by atoms with Gasteiger partial charge in [-0.25, -0.2) is 0 Å². The maximum absolute atomic E-state index is 13.0. The molecule has 186 valence electrons. The van der Waals surface area contributed by atoms with Gasteiger partial charge < -0.3 is 14.2 Å². The lowest BCUT2D eigenvalue weighted by Gasteiger charge is -2.34. The molecule has 2 aromatic carbocycles. The summed E-state index contributed by atoms with van der Waals surface area (Å²) in [5.41, 5.74) is -0.323. The second-order valence-corrected chi connectivity index (χ2v) is 9.89. The second-order valence-electron chi connectivity index (χ2n) is 9.89. The first-order valence-electron chi connectivity index (χ1n) is 12.0. The minimum absolute atomic E-state index is 0.142. The molecule has 0 amide bonds. The molecule has 1 aliphatic rings. The van der Waals surface area contributed by atoms with Crippen LogP contribution in [0.2, 0.25) is 0 Å². The van der Waals surface area contributed by atoms with Crippen molar-refractivity contribution < 1.29 is 28.6 Å². The van der Waals surface area contributed by atoms with Crippen LogP contribution in [0.1, 0.15) is 62.9 Å². The highest BCUT2D eigenvalue weighted by atomic mass is 16.6. The Morgan fingerprint density at radius 1 is 1.00 bits per heavy atom. The first-order valence-corrected chi connectivity index (χ1v) is 12.0. The number of hydrogen-bond acceptors (Lipinski definition) is 6. The summed E-state index contributed by atoms with van der Waals surface area (Å²) in [5, 5.41) is 0. The van der Waals surface area contributed by atoms with Crippen molar-refractivity contribution in [2.75, 3.05) is 13.2 Å². The number of hydrogen-bond donors (Lipinski definition) is 0. The van der Waals surface area contributed by atoms with Crippen molar-refractivity contribution in [3.05, 3.63) is 71.8 Å². The molecule has 6 heteroatoms. The molecule has 2 atom stereocenters. The van der Waals surface area contributed by atoms with E-state index in [-0.39, 0.29) is 24.3 Å². The summed E-state index contributed by atoms with van der Waals surface area (Å²) in [6, 6.07) is 16.0. The van der Waals surface area contributed by atoms with E-state index in [2.05, 4.69) is 0 Å². The summed E-state index contributed by atoms with van der Waals surface area (Å²) in [7, 11) is 0. The number of ketones is 1. The van der Waals surface area contributed by atoms with Crippen molar-refractivity contribution in [1.29, 1.82) is 0 Å². The summed E-state index contributed by atoms with van der Waals surface area (Å²) in [4.78, 5) is 38.3. The summed E-state index contributed by atoms with van der Waals surface area (Å²) in [6.07, 6.45) is 4.55. The maximum Gasteiger partial charge on any atom is 0.316 e. The van der Waals surface area contributed by atoms with E-state index in [9.17, 15) is 14.4 Å². The fourth-order valence-corrected chi connectivity index (χ4v) is 4.05. The Balaban J connectivity index is 1.60. The van der Waals surface area contributed by atoms with Crippen LogP contribution in [0, 0.1) is 10.8 Å². The standard InChI is InChI=1S/C29H34O6/c1-5-29(4,27(32)35-24-17-18-33-19-24)20-28(2,3)26(31)34-23-14-12-22(13-15-23)25(30)16-11-21-9-7-6-8-10-21/h6-16,24H,5,17-20H2,1-4H3/b16-11+. The Morgan fingerprint density at radius 2 is 1.69 bits per heavy atom. The van der Waals surface area contributed by atoms with Crippen LogP contribution >= 0.6 is 0 Å². The first-order chi connectivity index (χ1) is 16.6. The quantitative estimate of drug-likeness (QED) is 0.190. The molecule has 6 nitrogen and oxygen atoms in total. The fourth-order valence-electron chi connectivity index (χ4n) is 4.05. The minimum Gasteiger partial charge on any atom is -0.459 e. The van der Waals surface area contributed by atoms with Crippen LogP contribution in [-0.4, -0.2) is 37.0 Å². The zero-order valence-corrected chi connectivity index (χ0v) is 20.9. The van der Waals surface area contributed by atoms with Gasteiger partial charge in [0.05, 0.1) is 24.0 Å². The number of allylic oxidation sites excluding steroid dienone is 1. The van der Waals surface area contributed by atoms with Gasteiger partial charge in [-0.15, -0.1) is 0 Å². The van der Waals surface area contributed by atoms with E-state index in [0.717, 1.165) is 5.56 Å². The van der Waals surface area contributed by atoms with Crippen LogP contribution in [0.4, 0.5) is 0 Å². The monoisotopic (exact) mass is 478 g/mol. The molecule has 0 N–H and O–H groups in total. The molecule has 0 aliphatic carbocycles. The van der Waals surface area contributed by atoms with Crippen LogP contribution in [0.5, 0.6) is 5.75 Å². The lowest BCUT2D eigenvalue weighted by Crippen LogP contribution is -2.40. The van der Waals surface area contributed by atoms with Crippen LogP contribution < -0.4 is 4.74 Å². The third-order valence-corrected chi connectivity index (χ3v) is 6.40.